The van der Waals surface area contributed by atoms with Crippen LogP contribution in [0, 0.1) is 0 Å². The molecule has 24 heteroatoms. The van der Waals surface area contributed by atoms with Crippen LogP contribution in [0.3, 0.4) is 0 Å². The molecule has 0 amide bonds. The van der Waals surface area contributed by atoms with Crippen molar-refractivity contribution in [3.8, 4) is 0 Å². The van der Waals surface area contributed by atoms with E-state index in [1.165, 1.54) is 0 Å². The first kappa shape index (κ1) is 52.7. The summed E-state index contributed by atoms with van der Waals surface area (Å²) in [6, 6.07) is 0. The normalized spacial score (nSPS) is 21.1. The predicted molar refractivity (Wildman–Crippen MR) is 149 cm³/mol. The van der Waals surface area contributed by atoms with E-state index < -0.39 is 124 Å². The predicted octanol–water partition coefficient (Wildman–Crippen LogP) is -13.5. The lowest BCUT2D eigenvalue weighted by Crippen LogP contribution is -2.46. The van der Waals surface area contributed by atoms with Gasteiger partial charge in [-0.05, 0) is 0 Å². The molecule has 0 bridgehead atoms. The van der Waals surface area contributed by atoms with Crippen LogP contribution in [-0.4, -0.2) is 251 Å². The summed E-state index contributed by atoms with van der Waals surface area (Å²) in [5.74, 6) is 0. The lowest BCUT2D eigenvalue weighted by Gasteiger charge is -2.22. The number of aliphatic hydroxyl groups is 20. The number of carbonyl (C=O) groups is 4. The first-order valence-electron chi connectivity index (χ1n) is 13.3. The molecule has 0 saturated carbocycles. The molecule has 0 aliphatic heterocycles. The van der Waals surface area contributed by atoms with E-state index in [0.717, 1.165) is 0 Å². The Labute approximate surface area is 271 Å². The lowest BCUT2D eigenvalue weighted by molar-refractivity contribution is -0.136. The monoisotopic (exact) mass is 720 g/mol. The summed E-state index contributed by atoms with van der Waals surface area (Å²) in [6.45, 7) is -3.04. The number of hydrogen-bond donors (Lipinski definition) is 20. The Morgan fingerprint density at radius 1 is 0.271 bits per heavy atom. The van der Waals surface area contributed by atoms with Crippen LogP contribution in [-0.2, 0) is 19.2 Å². The minimum Gasteiger partial charge on any atom is -0.394 e. The highest BCUT2D eigenvalue weighted by Crippen LogP contribution is 2.05. The maximum absolute atomic E-state index is 9.90. The molecule has 0 aromatic rings. The molecule has 0 aliphatic rings. The topological polar surface area (TPSA) is 473 Å². The second-order valence-electron chi connectivity index (χ2n) is 9.43. The zero-order chi connectivity index (χ0) is 38.9. The summed E-state index contributed by atoms with van der Waals surface area (Å²) in [4.78, 5) is 39.6. The molecule has 16 atom stereocenters. The summed E-state index contributed by atoms with van der Waals surface area (Å²) < 4.78 is 0. The first-order chi connectivity index (χ1) is 22.2. The van der Waals surface area contributed by atoms with Crippen LogP contribution >= 0.6 is 0 Å². The fourth-order valence-corrected chi connectivity index (χ4v) is 2.47. The van der Waals surface area contributed by atoms with Crippen LogP contribution in [0.15, 0.2) is 0 Å². The zero-order valence-electron chi connectivity index (χ0n) is 25.0. The van der Waals surface area contributed by atoms with Gasteiger partial charge in [0.1, 0.15) is 97.7 Å². The number of aliphatic hydroxyl groups excluding tert-OH is 20. The van der Waals surface area contributed by atoms with Crippen LogP contribution in [0.2, 0.25) is 0 Å². The maximum Gasteiger partial charge on any atom is 0.151 e. The molecule has 0 aromatic heterocycles. The van der Waals surface area contributed by atoms with Gasteiger partial charge in [0.25, 0.3) is 0 Å². The molecule has 0 aliphatic carbocycles. The molecule has 0 spiro atoms. The quantitative estimate of drug-likeness (QED) is 0.0519. The largest absolute Gasteiger partial charge is 0.394 e. The van der Waals surface area contributed by atoms with Crippen molar-refractivity contribution >= 4 is 25.1 Å². The summed E-state index contributed by atoms with van der Waals surface area (Å²) in [6.07, 6.45) is -27.4. The second-order valence-corrected chi connectivity index (χ2v) is 9.43. The van der Waals surface area contributed by atoms with Crippen molar-refractivity contribution in [3.05, 3.63) is 0 Å². The van der Waals surface area contributed by atoms with Crippen LogP contribution in [0.4, 0.5) is 0 Å². The zero-order valence-corrected chi connectivity index (χ0v) is 25.0. The SMILES string of the molecule is O=C[C@@H](O)[C@@H](O)[C@@H](O)[C@H](O)CO.O=C[C@@H](O)[C@H](O)[C@@H](O)[C@H](O)CO.O=C[C@H](O)[C@@H](O)[C@@H](O)[C@H](O)CO.O=C[C@H](O)[C@H](O)[C@@H](O)[C@H](O)CO. The van der Waals surface area contributed by atoms with Gasteiger partial charge < -0.3 is 121 Å². The van der Waals surface area contributed by atoms with Gasteiger partial charge in [0.05, 0.1) is 26.4 Å². The maximum atomic E-state index is 9.90. The number of carbonyl (C=O) groups excluding carboxylic acids is 4. The third kappa shape index (κ3) is 21.1. The Hall–Kier alpha value is -2.12. The lowest BCUT2D eigenvalue weighted by atomic mass is 10.0. The van der Waals surface area contributed by atoms with E-state index in [1.54, 1.807) is 0 Å². The van der Waals surface area contributed by atoms with E-state index in [1.807, 2.05) is 0 Å². The minimum atomic E-state index is -1.79. The molecule has 24 nitrogen and oxygen atoms in total. The van der Waals surface area contributed by atoms with Crippen LogP contribution in [0.5, 0.6) is 0 Å². The van der Waals surface area contributed by atoms with E-state index >= 15 is 0 Å². The van der Waals surface area contributed by atoms with E-state index in [0.29, 0.717) is 0 Å². The molecule has 0 fully saturated rings. The van der Waals surface area contributed by atoms with Crippen molar-refractivity contribution in [1.29, 1.82) is 0 Å². The first-order valence-corrected chi connectivity index (χ1v) is 13.3. The molecular weight excluding hydrogens is 672 g/mol. The van der Waals surface area contributed by atoms with Gasteiger partial charge in [0, 0.05) is 0 Å². The summed E-state index contributed by atoms with van der Waals surface area (Å²) >= 11 is 0. The fourth-order valence-electron chi connectivity index (χ4n) is 2.47. The third-order valence-corrected chi connectivity index (χ3v) is 5.68. The second kappa shape index (κ2) is 29.8. The van der Waals surface area contributed by atoms with Crippen molar-refractivity contribution in [1.82, 2.24) is 0 Å². The summed E-state index contributed by atoms with van der Waals surface area (Å²) in [5.41, 5.74) is 0. The molecule has 0 saturated heterocycles. The third-order valence-electron chi connectivity index (χ3n) is 5.68. The van der Waals surface area contributed by atoms with Crippen molar-refractivity contribution in [2.75, 3.05) is 26.4 Å². The van der Waals surface area contributed by atoms with Crippen molar-refractivity contribution in [2.45, 2.75) is 97.7 Å². The van der Waals surface area contributed by atoms with Gasteiger partial charge in [-0.25, -0.2) is 0 Å². The Bertz CT molecular complexity index is 680. The number of aldehydes is 4. The highest BCUT2D eigenvalue weighted by atomic mass is 16.4. The average Bonchev–Trinajstić information content (AvgIpc) is 3.12. The van der Waals surface area contributed by atoms with E-state index in [9.17, 15) is 19.2 Å². The van der Waals surface area contributed by atoms with Crippen LogP contribution < -0.4 is 0 Å². The van der Waals surface area contributed by atoms with Gasteiger partial charge in [-0.15, -0.1) is 0 Å². The number of hydrogen-bond acceptors (Lipinski definition) is 24. The average molecular weight is 721 g/mol. The summed E-state index contributed by atoms with van der Waals surface area (Å²) in [5, 5.41) is 174. The Balaban J connectivity index is -0.000000269. The Kier molecular flexibility index (Phi) is 32.7. The molecule has 48 heavy (non-hydrogen) atoms. The molecule has 0 heterocycles. The molecular formula is C24H48O24. The van der Waals surface area contributed by atoms with Gasteiger partial charge in [0.2, 0.25) is 0 Å². The Morgan fingerprint density at radius 3 is 0.479 bits per heavy atom. The van der Waals surface area contributed by atoms with Gasteiger partial charge in [-0.3, -0.25) is 0 Å². The minimum absolute atomic E-state index is 0.0258. The fraction of sp³-hybridized carbons (Fsp3) is 0.833. The van der Waals surface area contributed by atoms with Crippen molar-refractivity contribution in [2.24, 2.45) is 0 Å². The number of rotatable bonds is 20. The Morgan fingerprint density at radius 2 is 0.396 bits per heavy atom. The van der Waals surface area contributed by atoms with Gasteiger partial charge >= 0.3 is 0 Å². The molecule has 20 N–H and O–H groups in total. The van der Waals surface area contributed by atoms with Crippen LogP contribution in [0.1, 0.15) is 0 Å². The highest BCUT2D eigenvalue weighted by molar-refractivity contribution is 5.57. The van der Waals surface area contributed by atoms with E-state index in [-0.39, 0.29) is 25.1 Å². The molecule has 0 unspecified atom stereocenters. The molecule has 0 aromatic carbocycles. The summed E-state index contributed by atoms with van der Waals surface area (Å²) in [7, 11) is 0. The van der Waals surface area contributed by atoms with Crippen molar-refractivity contribution < 1.29 is 121 Å². The molecule has 288 valence electrons. The van der Waals surface area contributed by atoms with E-state index in [4.69, 9.17) is 102 Å². The molecule has 0 rings (SSSR count). The van der Waals surface area contributed by atoms with E-state index in [2.05, 4.69) is 0 Å². The van der Waals surface area contributed by atoms with Gasteiger partial charge in [-0.2, -0.15) is 0 Å². The highest BCUT2D eigenvalue weighted by Gasteiger charge is 2.32. The standard InChI is InChI=1S/4C6H12O6/c4*7-1-3(9)5(11)6(12)4(10)2-8/h4*1,3-6,8-12H,2H2/t3-,4+,5+,6-;3-,4+,5-,6-;3-,4-,5+,6+;3-,4-,5-,6+/m0011/s1. The van der Waals surface area contributed by atoms with Gasteiger partial charge in [0.15, 0.2) is 25.1 Å². The van der Waals surface area contributed by atoms with Crippen molar-refractivity contribution in [3.63, 3.8) is 0 Å². The van der Waals surface area contributed by atoms with Gasteiger partial charge in [-0.1, -0.05) is 0 Å². The smallest absolute Gasteiger partial charge is 0.151 e. The molecule has 0 radical (unpaired) electrons. The van der Waals surface area contributed by atoms with Crippen LogP contribution in [0.25, 0.3) is 0 Å².